The number of amides is 2. The maximum atomic E-state index is 13.0. The van der Waals surface area contributed by atoms with Gasteiger partial charge >= 0.3 is 0 Å². The van der Waals surface area contributed by atoms with Crippen LogP contribution in [0.1, 0.15) is 6.92 Å². The Hall–Kier alpha value is -2.23. The van der Waals surface area contributed by atoms with Gasteiger partial charge in [-0.2, -0.15) is 0 Å². The second-order valence-corrected chi connectivity index (χ2v) is 11.5. The van der Waals surface area contributed by atoms with Gasteiger partial charge in [-0.1, -0.05) is 18.5 Å². The predicted molar refractivity (Wildman–Crippen MR) is 127 cm³/mol. The molecule has 2 aromatic carbocycles. The highest BCUT2D eigenvalue weighted by Gasteiger charge is 2.30. The van der Waals surface area contributed by atoms with E-state index in [4.69, 9.17) is 11.6 Å². The minimum atomic E-state index is -3.68. The van der Waals surface area contributed by atoms with Gasteiger partial charge in [0.15, 0.2) is 9.84 Å². The van der Waals surface area contributed by atoms with E-state index in [0.717, 1.165) is 10.6 Å². The summed E-state index contributed by atoms with van der Waals surface area (Å²) in [5.74, 6) is -0.939. The van der Waals surface area contributed by atoms with Crippen LogP contribution in [0.5, 0.6) is 0 Å². The van der Waals surface area contributed by atoms with Crippen LogP contribution >= 0.6 is 23.4 Å². The fraction of sp³-hybridized carbons (Fsp3) is 0.364. The summed E-state index contributed by atoms with van der Waals surface area (Å²) in [6.45, 7) is 4.08. The van der Waals surface area contributed by atoms with Crippen LogP contribution in [0.4, 0.5) is 11.4 Å². The third-order valence-corrected chi connectivity index (χ3v) is 8.85. The van der Waals surface area contributed by atoms with E-state index in [1.165, 1.54) is 17.8 Å². The molecule has 2 aliphatic rings. The van der Waals surface area contributed by atoms with Gasteiger partial charge in [-0.15, -0.1) is 11.8 Å². The van der Waals surface area contributed by atoms with Gasteiger partial charge in [-0.3, -0.25) is 9.59 Å². The number of nitrogens with zero attached hydrogens (tertiary/aromatic N) is 2. The molecule has 1 N–H and O–H groups in total. The summed E-state index contributed by atoms with van der Waals surface area (Å²) in [5, 5.41) is 3.39. The number of thioether (sulfide) groups is 1. The van der Waals surface area contributed by atoms with E-state index in [0.29, 0.717) is 42.6 Å². The smallest absolute Gasteiger partial charge is 0.234 e. The molecule has 0 unspecified atom stereocenters. The Kier molecular flexibility index (Phi) is 6.69. The van der Waals surface area contributed by atoms with E-state index >= 15 is 0 Å². The first-order valence-corrected chi connectivity index (χ1v) is 13.3. The molecule has 7 nitrogen and oxygen atoms in total. The van der Waals surface area contributed by atoms with Crippen LogP contribution in [0, 0.1) is 5.92 Å². The van der Waals surface area contributed by atoms with Crippen molar-refractivity contribution in [2.75, 3.05) is 47.9 Å². The fourth-order valence-corrected chi connectivity index (χ4v) is 6.38. The number of benzene rings is 2. The van der Waals surface area contributed by atoms with Crippen LogP contribution in [-0.4, -0.2) is 62.8 Å². The van der Waals surface area contributed by atoms with E-state index in [2.05, 4.69) is 10.2 Å². The number of sulfone groups is 1. The Balaban J connectivity index is 1.37. The van der Waals surface area contributed by atoms with Crippen molar-refractivity contribution in [2.24, 2.45) is 5.92 Å². The SMILES string of the molecule is C[C@H](CS(=O)(=O)c1ccc2c(c1)NC(=O)CS2)C(=O)N1CCN(c2ccc(Cl)cc2)CC1. The second kappa shape index (κ2) is 9.33. The first-order valence-electron chi connectivity index (χ1n) is 10.3. The van der Waals surface area contributed by atoms with Crippen LogP contribution < -0.4 is 10.2 Å². The van der Waals surface area contributed by atoms with E-state index in [9.17, 15) is 18.0 Å². The lowest BCUT2D eigenvalue weighted by molar-refractivity contribution is -0.134. The summed E-state index contributed by atoms with van der Waals surface area (Å²) < 4.78 is 25.9. The summed E-state index contributed by atoms with van der Waals surface area (Å²) in [6.07, 6.45) is 0. The number of fused-ring (bicyclic) bond motifs is 1. The molecule has 2 heterocycles. The molecule has 0 spiro atoms. The van der Waals surface area contributed by atoms with Crippen molar-refractivity contribution < 1.29 is 18.0 Å². The Morgan fingerprint density at radius 2 is 1.81 bits per heavy atom. The molecule has 4 rings (SSSR count). The third kappa shape index (κ3) is 5.05. The summed E-state index contributed by atoms with van der Waals surface area (Å²) in [7, 11) is -3.68. The van der Waals surface area contributed by atoms with Crippen molar-refractivity contribution in [3.05, 3.63) is 47.5 Å². The number of nitrogens with one attached hydrogen (secondary N) is 1. The number of halogens is 1. The highest BCUT2D eigenvalue weighted by Crippen LogP contribution is 2.33. The van der Waals surface area contributed by atoms with Crippen molar-refractivity contribution >= 4 is 56.4 Å². The topological polar surface area (TPSA) is 86.8 Å². The second-order valence-electron chi connectivity index (χ2n) is 7.97. The number of anilines is 2. The normalized spacial score (nSPS) is 17.5. The molecule has 2 amide bonds. The van der Waals surface area contributed by atoms with E-state index in [1.807, 2.05) is 24.3 Å². The first-order chi connectivity index (χ1) is 15.2. The van der Waals surface area contributed by atoms with Crippen LogP contribution in [0.3, 0.4) is 0 Å². The molecule has 170 valence electrons. The molecule has 0 radical (unpaired) electrons. The maximum absolute atomic E-state index is 13.0. The summed E-state index contributed by atoms with van der Waals surface area (Å²) in [6, 6.07) is 12.3. The molecule has 0 aliphatic carbocycles. The van der Waals surface area contributed by atoms with Gasteiger partial charge in [0, 0.05) is 47.7 Å². The van der Waals surface area contributed by atoms with Gasteiger partial charge in [-0.05, 0) is 42.5 Å². The lowest BCUT2D eigenvalue weighted by Gasteiger charge is -2.37. The van der Waals surface area contributed by atoms with E-state index in [1.54, 1.807) is 24.0 Å². The van der Waals surface area contributed by atoms with Crippen molar-refractivity contribution in [3.63, 3.8) is 0 Å². The quantitative estimate of drug-likeness (QED) is 0.688. The predicted octanol–water partition coefficient (Wildman–Crippen LogP) is 3.14. The monoisotopic (exact) mass is 493 g/mol. The number of carbonyl (C=O) groups excluding carboxylic acids is 2. The molecule has 2 aliphatic heterocycles. The van der Waals surface area contributed by atoms with Crippen molar-refractivity contribution in [3.8, 4) is 0 Å². The number of hydrogen-bond acceptors (Lipinski definition) is 6. The molecule has 0 aromatic heterocycles. The average Bonchev–Trinajstić information content (AvgIpc) is 2.78. The molecular weight excluding hydrogens is 470 g/mol. The van der Waals surface area contributed by atoms with Gasteiger partial charge in [-0.25, -0.2) is 8.42 Å². The fourth-order valence-electron chi connectivity index (χ4n) is 3.90. The zero-order chi connectivity index (χ0) is 22.9. The van der Waals surface area contributed by atoms with Crippen molar-refractivity contribution in [1.82, 2.24) is 4.90 Å². The Bertz CT molecular complexity index is 1130. The number of hydrogen-bond donors (Lipinski definition) is 1. The van der Waals surface area contributed by atoms with Crippen LogP contribution in [0.15, 0.2) is 52.3 Å². The van der Waals surface area contributed by atoms with Gasteiger partial charge in [0.25, 0.3) is 0 Å². The molecular formula is C22H24ClN3O4S2. The first kappa shape index (κ1) is 22.9. The van der Waals surface area contributed by atoms with Gasteiger partial charge in [0.05, 0.1) is 22.1 Å². The lowest BCUT2D eigenvalue weighted by Crippen LogP contribution is -2.50. The zero-order valence-corrected chi connectivity index (χ0v) is 20.0. The lowest BCUT2D eigenvalue weighted by atomic mass is 10.1. The Morgan fingerprint density at radius 3 is 2.50 bits per heavy atom. The van der Waals surface area contributed by atoms with Crippen LogP contribution in [0.25, 0.3) is 0 Å². The van der Waals surface area contributed by atoms with Crippen molar-refractivity contribution in [1.29, 1.82) is 0 Å². The van der Waals surface area contributed by atoms with E-state index in [-0.39, 0.29) is 22.5 Å². The molecule has 2 aromatic rings. The standard InChI is InChI=1S/C22H24ClN3O4S2/c1-15(14-32(29,30)18-6-7-20-19(12-18)24-21(27)13-31-20)22(28)26-10-8-25(9-11-26)17-4-2-16(23)3-5-17/h2-7,12,15H,8-11,13-14H2,1H3,(H,24,27)/t15-/m1/s1. The number of carbonyl (C=O) groups is 2. The average molecular weight is 494 g/mol. The molecule has 0 saturated carbocycles. The summed E-state index contributed by atoms with van der Waals surface area (Å²) in [5.41, 5.74) is 1.56. The Morgan fingerprint density at radius 1 is 1.12 bits per heavy atom. The van der Waals surface area contributed by atoms with Crippen molar-refractivity contribution in [2.45, 2.75) is 16.7 Å². The zero-order valence-electron chi connectivity index (χ0n) is 17.6. The Labute approximate surface area is 197 Å². The molecule has 32 heavy (non-hydrogen) atoms. The molecule has 10 heteroatoms. The van der Waals surface area contributed by atoms with Gasteiger partial charge < -0.3 is 15.1 Å². The highest BCUT2D eigenvalue weighted by atomic mass is 35.5. The van der Waals surface area contributed by atoms with Gasteiger partial charge in [0.2, 0.25) is 11.8 Å². The highest BCUT2D eigenvalue weighted by molar-refractivity contribution is 8.00. The van der Waals surface area contributed by atoms with E-state index < -0.39 is 15.8 Å². The minimum absolute atomic E-state index is 0.117. The number of rotatable bonds is 5. The van der Waals surface area contributed by atoms with Gasteiger partial charge in [0.1, 0.15) is 0 Å². The molecule has 1 saturated heterocycles. The maximum Gasteiger partial charge on any atom is 0.234 e. The molecule has 0 bridgehead atoms. The van der Waals surface area contributed by atoms with Crippen LogP contribution in [-0.2, 0) is 19.4 Å². The summed E-state index contributed by atoms with van der Waals surface area (Å²) in [4.78, 5) is 29.4. The molecule has 1 fully saturated rings. The third-order valence-electron chi connectivity index (χ3n) is 5.62. The minimum Gasteiger partial charge on any atom is -0.368 e. The number of piperazine rings is 1. The summed E-state index contributed by atoms with van der Waals surface area (Å²) >= 11 is 7.32. The molecule has 1 atom stereocenters. The van der Waals surface area contributed by atoms with Crippen LogP contribution in [0.2, 0.25) is 5.02 Å². The largest absolute Gasteiger partial charge is 0.368 e.